The fourth-order valence-corrected chi connectivity index (χ4v) is 2.25. The third-order valence-electron chi connectivity index (χ3n) is 3.15. The van der Waals surface area contributed by atoms with Crippen molar-refractivity contribution in [3.63, 3.8) is 0 Å². The fourth-order valence-electron chi connectivity index (χ4n) is 2.25. The van der Waals surface area contributed by atoms with Crippen molar-refractivity contribution in [1.82, 2.24) is 4.90 Å². The van der Waals surface area contributed by atoms with Crippen LogP contribution in [0.5, 0.6) is 0 Å². The lowest BCUT2D eigenvalue weighted by molar-refractivity contribution is -0.0341. The van der Waals surface area contributed by atoms with Gasteiger partial charge in [-0.1, -0.05) is 0 Å². The van der Waals surface area contributed by atoms with Crippen molar-refractivity contribution < 1.29 is 5.11 Å². The average molecular weight is 243 g/mol. The van der Waals surface area contributed by atoms with E-state index in [1.807, 2.05) is 0 Å². The van der Waals surface area contributed by atoms with Crippen LogP contribution in [0.15, 0.2) is 0 Å². The van der Waals surface area contributed by atoms with E-state index in [0.29, 0.717) is 12.1 Å². The SMILES string of the molecule is Cl.Cl.NC1CCC(N2CC(O)C2)CC1. The van der Waals surface area contributed by atoms with Gasteiger partial charge in [-0.25, -0.2) is 0 Å². The summed E-state index contributed by atoms with van der Waals surface area (Å²) in [5.41, 5.74) is 5.82. The zero-order chi connectivity index (χ0) is 8.55. The van der Waals surface area contributed by atoms with Gasteiger partial charge in [0.25, 0.3) is 0 Å². The summed E-state index contributed by atoms with van der Waals surface area (Å²) in [6, 6.07) is 1.15. The highest BCUT2D eigenvalue weighted by molar-refractivity contribution is 5.85. The Labute approximate surface area is 97.8 Å². The molecule has 1 heterocycles. The van der Waals surface area contributed by atoms with Crippen LogP contribution in [0.1, 0.15) is 25.7 Å². The Morgan fingerprint density at radius 1 is 1.00 bits per heavy atom. The Morgan fingerprint density at radius 3 is 1.93 bits per heavy atom. The molecule has 2 aliphatic rings. The third-order valence-corrected chi connectivity index (χ3v) is 3.15. The normalized spacial score (nSPS) is 33.9. The molecule has 0 aromatic rings. The van der Waals surface area contributed by atoms with Crippen molar-refractivity contribution in [1.29, 1.82) is 0 Å². The fraction of sp³-hybridized carbons (Fsp3) is 1.00. The van der Waals surface area contributed by atoms with Gasteiger partial charge in [-0.05, 0) is 25.7 Å². The second-order valence-electron chi connectivity index (χ2n) is 4.18. The molecule has 3 nitrogen and oxygen atoms in total. The van der Waals surface area contributed by atoms with Gasteiger partial charge in [-0.3, -0.25) is 4.90 Å². The number of halogens is 2. The molecule has 1 aliphatic carbocycles. The third kappa shape index (κ3) is 3.24. The predicted molar refractivity (Wildman–Crippen MR) is 62.3 cm³/mol. The van der Waals surface area contributed by atoms with E-state index in [2.05, 4.69) is 4.90 Å². The lowest BCUT2D eigenvalue weighted by Gasteiger charge is -2.44. The highest BCUT2D eigenvalue weighted by Crippen LogP contribution is 2.25. The van der Waals surface area contributed by atoms with E-state index in [-0.39, 0.29) is 30.9 Å². The smallest absolute Gasteiger partial charge is 0.0794 e. The van der Waals surface area contributed by atoms with E-state index in [1.165, 1.54) is 12.8 Å². The largest absolute Gasteiger partial charge is 0.390 e. The maximum absolute atomic E-state index is 9.13. The lowest BCUT2D eigenvalue weighted by atomic mass is 9.89. The average Bonchev–Trinajstić information content (AvgIpc) is 2.01. The highest BCUT2D eigenvalue weighted by atomic mass is 35.5. The van der Waals surface area contributed by atoms with Crippen LogP contribution in [0.2, 0.25) is 0 Å². The first-order valence-electron chi connectivity index (χ1n) is 4.93. The molecule has 2 rings (SSSR count). The Bertz CT molecular complexity index is 157. The first-order chi connectivity index (χ1) is 5.75. The van der Waals surface area contributed by atoms with Gasteiger partial charge in [0.1, 0.15) is 0 Å². The van der Waals surface area contributed by atoms with E-state index < -0.39 is 0 Å². The molecule has 0 unspecified atom stereocenters. The number of hydrogen-bond donors (Lipinski definition) is 2. The van der Waals surface area contributed by atoms with Crippen LogP contribution in [-0.4, -0.2) is 41.3 Å². The van der Waals surface area contributed by atoms with Crippen LogP contribution >= 0.6 is 24.8 Å². The van der Waals surface area contributed by atoms with Gasteiger partial charge in [-0.2, -0.15) is 0 Å². The summed E-state index contributed by atoms with van der Waals surface area (Å²) in [6.07, 6.45) is 4.73. The molecule has 2 fully saturated rings. The van der Waals surface area contributed by atoms with E-state index >= 15 is 0 Å². The minimum atomic E-state index is -0.0550. The van der Waals surface area contributed by atoms with Crippen LogP contribution in [0, 0.1) is 0 Å². The van der Waals surface area contributed by atoms with Gasteiger partial charge >= 0.3 is 0 Å². The van der Waals surface area contributed by atoms with Gasteiger partial charge in [0, 0.05) is 25.2 Å². The molecule has 0 radical (unpaired) electrons. The topological polar surface area (TPSA) is 49.5 Å². The maximum atomic E-state index is 9.13. The quantitative estimate of drug-likeness (QED) is 0.715. The molecule has 86 valence electrons. The van der Waals surface area contributed by atoms with Crippen LogP contribution in [0.3, 0.4) is 0 Å². The number of β-amino-alcohol motifs (C(OH)–C–C–N with tert-alkyl or cyclic N) is 1. The van der Waals surface area contributed by atoms with Gasteiger partial charge in [0.2, 0.25) is 0 Å². The van der Waals surface area contributed by atoms with Crippen LogP contribution < -0.4 is 5.73 Å². The molecule has 5 heteroatoms. The molecule has 14 heavy (non-hydrogen) atoms. The minimum Gasteiger partial charge on any atom is -0.390 e. The van der Waals surface area contributed by atoms with E-state index in [4.69, 9.17) is 10.8 Å². The van der Waals surface area contributed by atoms with E-state index in [1.54, 1.807) is 0 Å². The van der Waals surface area contributed by atoms with Crippen molar-refractivity contribution >= 4 is 24.8 Å². The zero-order valence-corrected chi connectivity index (χ0v) is 9.90. The summed E-state index contributed by atoms with van der Waals surface area (Å²) in [5.74, 6) is 0. The number of hydrogen-bond acceptors (Lipinski definition) is 3. The van der Waals surface area contributed by atoms with Crippen molar-refractivity contribution in [3.8, 4) is 0 Å². The second kappa shape index (κ2) is 6.13. The summed E-state index contributed by atoms with van der Waals surface area (Å²) in [4.78, 5) is 2.39. The number of nitrogens with two attached hydrogens (primary N) is 1. The van der Waals surface area contributed by atoms with E-state index in [0.717, 1.165) is 25.9 Å². The monoisotopic (exact) mass is 242 g/mol. The highest BCUT2D eigenvalue weighted by Gasteiger charge is 2.32. The standard InChI is InChI=1S/C9H18N2O.2ClH/c10-7-1-3-8(4-2-7)11-5-9(12)6-11;;/h7-9,12H,1-6,10H2;2*1H. The Morgan fingerprint density at radius 2 is 1.50 bits per heavy atom. The van der Waals surface area contributed by atoms with Crippen LogP contribution in [0.4, 0.5) is 0 Å². The maximum Gasteiger partial charge on any atom is 0.0794 e. The Hall–Kier alpha value is 0.460. The molecular weight excluding hydrogens is 223 g/mol. The molecule has 0 atom stereocenters. The number of rotatable bonds is 1. The van der Waals surface area contributed by atoms with Gasteiger partial charge < -0.3 is 10.8 Å². The second-order valence-corrected chi connectivity index (χ2v) is 4.18. The minimum absolute atomic E-state index is 0. The first kappa shape index (κ1) is 14.5. The molecule has 1 saturated carbocycles. The predicted octanol–water partition coefficient (Wildman–Crippen LogP) is 0.776. The first-order valence-corrected chi connectivity index (χ1v) is 4.93. The lowest BCUT2D eigenvalue weighted by Crippen LogP contribution is -2.56. The number of nitrogens with zero attached hydrogens (tertiary/aromatic N) is 1. The Balaban J connectivity index is 0.000000845. The van der Waals surface area contributed by atoms with Crippen molar-refractivity contribution in [2.24, 2.45) is 5.73 Å². The molecule has 1 saturated heterocycles. The zero-order valence-electron chi connectivity index (χ0n) is 8.26. The molecule has 0 spiro atoms. The molecule has 0 aromatic heterocycles. The summed E-state index contributed by atoms with van der Waals surface area (Å²) in [7, 11) is 0. The molecular formula is C9H20Cl2N2O. The number of aliphatic hydroxyl groups excluding tert-OH is 1. The molecule has 0 amide bonds. The molecule has 0 bridgehead atoms. The summed E-state index contributed by atoms with van der Waals surface area (Å²) in [6.45, 7) is 1.78. The molecule has 0 aromatic carbocycles. The summed E-state index contributed by atoms with van der Waals surface area (Å²) >= 11 is 0. The number of aliphatic hydroxyl groups is 1. The molecule has 3 N–H and O–H groups in total. The molecule has 1 aliphatic heterocycles. The number of likely N-dealkylation sites (tertiary alicyclic amines) is 1. The summed E-state index contributed by atoms with van der Waals surface area (Å²) in [5, 5.41) is 9.13. The van der Waals surface area contributed by atoms with Crippen molar-refractivity contribution in [2.75, 3.05) is 13.1 Å². The van der Waals surface area contributed by atoms with Gasteiger partial charge in [0.05, 0.1) is 6.10 Å². The Kier molecular flexibility index (Phi) is 6.33. The van der Waals surface area contributed by atoms with Crippen molar-refractivity contribution in [3.05, 3.63) is 0 Å². The van der Waals surface area contributed by atoms with Gasteiger partial charge in [-0.15, -0.1) is 24.8 Å². The summed E-state index contributed by atoms with van der Waals surface area (Å²) < 4.78 is 0. The van der Waals surface area contributed by atoms with Gasteiger partial charge in [0.15, 0.2) is 0 Å². The van der Waals surface area contributed by atoms with Crippen LogP contribution in [0.25, 0.3) is 0 Å². The van der Waals surface area contributed by atoms with E-state index in [9.17, 15) is 0 Å². The van der Waals surface area contributed by atoms with Crippen molar-refractivity contribution in [2.45, 2.75) is 43.9 Å². The van der Waals surface area contributed by atoms with Crippen LogP contribution in [-0.2, 0) is 0 Å².